The molecule has 0 amide bonds. The number of nitrogens with zero attached hydrogens (tertiary/aromatic N) is 2. The zero-order valence-corrected chi connectivity index (χ0v) is 10.4. The number of hydrogen-bond acceptors (Lipinski definition) is 6. The lowest BCUT2D eigenvalue weighted by Crippen LogP contribution is -2.06. The van der Waals surface area contributed by atoms with Gasteiger partial charge in [-0.15, -0.1) is 0 Å². The van der Waals surface area contributed by atoms with Gasteiger partial charge in [0, 0.05) is 13.0 Å². The molecule has 94 valence electrons. The van der Waals surface area contributed by atoms with Gasteiger partial charge >= 0.3 is 11.9 Å². The molecule has 0 unspecified atom stereocenters. The van der Waals surface area contributed by atoms with Crippen LogP contribution in [0.3, 0.4) is 0 Å². The van der Waals surface area contributed by atoms with Crippen molar-refractivity contribution in [2.45, 2.75) is 33.2 Å². The number of ether oxygens (including phenoxy) is 2. The van der Waals surface area contributed by atoms with E-state index >= 15 is 0 Å². The van der Waals surface area contributed by atoms with Crippen LogP contribution in [0.4, 0.5) is 0 Å². The van der Waals surface area contributed by atoms with Crippen molar-refractivity contribution in [1.82, 2.24) is 4.98 Å². The van der Waals surface area contributed by atoms with Gasteiger partial charge in [0.05, 0.1) is 7.11 Å². The fraction of sp³-hybridized carbons (Fsp3) is 0.545. The first-order valence-corrected chi connectivity index (χ1v) is 5.25. The van der Waals surface area contributed by atoms with Crippen molar-refractivity contribution in [3.05, 3.63) is 12.1 Å². The van der Waals surface area contributed by atoms with E-state index in [1.54, 1.807) is 6.92 Å². The lowest BCUT2D eigenvalue weighted by molar-refractivity contribution is -0.140. The van der Waals surface area contributed by atoms with E-state index in [1.165, 1.54) is 13.3 Å². The first-order chi connectivity index (χ1) is 8.01. The van der Waals surface area contributed by atoms with Gasteiger partial charge < -0.3 is 13.9 Å². The fourth-order valence-corrected chi connectivity index (χ4v) is 1.15. The molecule has 6 heteroatoms. The molecule has 0 N–H and O–H groups in total. The van der Waals surface area contributed by atoms with Gasteiger partial charge in [-0.25, -0.2) is 4.98 Å². The average molecular weight is 240 g/mol. The zero-order chi connectivity index (χ0) is 12.8. The summed E-state index contributed by atoms with van der Waals surface area (Å²) in [7, 11) is 1.31. The Hall–Kier alpha value is -1.85. The monoisotopic (exact) mass is 240 g/mol. The average Bonchev–Trinajstić information content (AvgIpc) is 2.63. The van der Waals surface area contributed by atoms with Crippen LogP contribution in [0.5, 0.6) is 5.95 Å². The number of methoxy groups -OCH3 is 1. The summed E-state index contributed by atoms with van der Waals surface area (Å²) in [4.78, 5) is 19.0. The Morgan fingerprint density at radius 1 is 1.59 bits per heavy atom. The number of oxazole rings is 1. The van der Waals surface area contributed by atoms with Gasteiger partial charge in [0.15, 0.2) is 5.90 Å². The van der Waals surface area contributed by atoms with Crippen molar-refractivity contribution in [2.24, 2.45) is 4.99 Å². The maximum atomic E-state index is 11.0. The van der Waals surface area contributed by atoms with Gasteiger partial charge in [-0.05, 0) is 13.8 Å². The second-order valence-corrected chi connectivity index (χ2v) is 3.67. The predicted molar refractivity (Wildman–Crippen MR) is 61.1 cm³/mol. The smallest absolute Gasteiger partial charge is 0.314 e. The quantitative estimate of drug-likeness (QED) is 0.454. The third kappa shape index (κ3) is 4.67. The van der Waals surface area contributed by atoms with Crippen LogP contribution in [0.15, 0.2) is 15.6 Å². The number of esters is 1. The molecule has 0 spiro atoms. The van der Waals surface area contributed by atoms with E-state index < -0.39 is 5.97 Å². The summed E-state index contributed by atoms with van der Waals surface area (Å²) in [6, 6.07) is 0.146. The van der Waals surface area contributed by atoms with Gasteiger partial charge in [0.25, 0.3) is 0 Å². The molecule has 1 aromatic rings. The molecule has 0 aliphatic carbocycles. The summed E-state index contributed by atoms with van der Waals surface area (Å²) in [6.45, 7) is 5.61. The van der Waals surface area contributed by atoms with Crippen LogP contribution in [0, 0.1) is 0 Å². The summed E-state index contributed by atoms with van der Waals surface area (Å²) in [5.74, 6) is 0.543. The predicted octanol–water partition coefficient (Wildman–Crippen LogP) is 1.60. The number of aliphatic imine (C=N–C) groups is 1. The molecule has 0 saturated heterocycles. The van der Waals surface area contributed by atoms with E-state index in [2.05, 4.69) is 14.7 Å². The zero-order valence-electron chi connectivity index (χ0n) is 10.4. The molecule has 0 aliphatic heterocycles. The molecule has 0 saturated carbocycles. The Balaban J connectivity index is 2.59. The molecular weight excluding hydrogens is 224 g/mol. The van der Waals surface area contributed by atoms with Crippen molar-refractivity contribution in [1.29, 1.82) is 0 Å². The van der Waals surface area contributed by atoms with Gasteiger partial charge in [-0.1, -0.05) is 0 Å². The van der Waals surface area contributed by atoms with E-state index in [-0.39, 0.29) is 24.3 Å². The minimum absolute atomic E-state index is 0.0137. The van der Waals surface area contributed by atoms with E-state index in [0.29, 0.717) is 5.90 Å². The van der Waals surface area contributed by atoms with Crippen LogP contribution in [-0.4, -0.2) is 30.0 Å². The lowest BCUT2D eigenvalue weighted by atomic mass is 10.4. The summed E-state index contributed by atoms with van der Waals surface area (Å²) >= 11 is 0. The van der Waals surface area contributed by atoms with Crippen molar-refractivity contribution >= 4 is 11.9 Å². The number of aromatic nitrogens is 1. The lowest BCUT2D eigenvalue weighted by Gasteiger charge is -2.02. The second kappa shape index (κ2) is 6.03. The molecule has 0 radical (unpaired) electrons. The molecule has 0 fully saturated rings. The van der Waals surface area contributed by atoms with Crippen LogP contribution in [0.25, 0.3) is 0 Å². The van der Waals surface area contributed by atoms with Crippen molar-refractivity contribution in [2.75, 3.05) is 7.11 Å². The Morgan fingerprint density at radius 3 is 2.88 bits per heavy atom. The largest absolute Gasteiger partial charge is 0.469 e. The van der Waals surface area contributed by atoms with E-state index in [4.69, 9.17) is 9.15 Å². The Morgan fingerprint density at radius 2 is 2.29 bits per heavy atom. The molecule has 6 nitrogen and oxygen atoms in total. The van der Waals surface area contributed by atoms with E-state index in [1.807, 2.05) is 13.8 Å². The SMILES string of the molecule is COC(=O)Cc1ncc(O/C(C)=N/C(C)C)o1. The van der Waals surface area contributed by atoms with Gasteiger partial charge in [-0.3, -0.25) is 9.79 Å². The van der Waals surface area contributed by atoms with Crippen LogP contribution < -0.4 is 4.74 Å². The Labute approximate surface area is 99.6 Å². The maximum Gasteiger partial charge on any atom is 0.314 e. The minimum atomic E-state index is -0.411. The highest BCUT2D eigenvalue weighted by molar-refractivity contribution is 5.75. The van der Waals surface area contributed by atoms with Gasteiger partial charge in [0.2, 0.25) is 5.89 Å². The highest BCUT2D eigenvalue weighted by Gasteiger charge is 2.11. The van der Waals surface area contributed by atoms with Crippen LogP contribution in [0.2, 0.25) is 0 Å². The normalized spacial score (nSPS) is 11.7. The molecule has 1 rings (SSSR count). The topological polar surface area (TPSA) is 73.9 Å². The molecule has 0 bridgehead atoms. The third-order valence-corrected chi connectivity index (χ3v) is 1.74. The highest BCUT2D eigenvalue weighted by Crippen LogP contribution is 2.13. The van der Waals surface area contributed by atoms with Gasteiger partial charge in [-0.2, -0.15) is 0 Å². The summed E-state index contributed by atoms with van der Waals surface area (Å²) in [5.41, 5.74) is 0. The highest BCUT2D eigenvalue weighted by atomic mass is 16.6. The summed E-state index contributed by atoms with van der Waals surface area (Å²) in [5, 5.41) is 0. The van der Waals surface area contributed by atoms with E-state index in [0.717, 1.165) is 0 Å². The van der Waals surface area contributed by atoms with Crippen molar-refractivity contribution in [3.8, 4) is 5.95 Å². The van der Waals surface area contributed by atoms with Crippen molar-refractivity contribution in [3.63, 3.8) is 0 Å². The minimum Gasteiger partial charge on any atom is -0.469 e. The first kappa shape index (κ1) is 13.2. The molecule has 0 aromatic carbocycles. The van der Waals surface area contributed by atoms with E-state index in [9.17, 15) is 4.79 Å². The second-order valence-electron chi connectivity index (χ2n) is 3.67. The first-order valence-electron chi connectivity index (χ1n) is 5.25. The number of hydrogen-bond donors (Lipinski definition) is 0. The maximum absolute atomic E-state index is 11.0. The fourth-order valence-electron chi connectivity index (χ4n) is 1.15. The third-order valence-electron chi connectivity index (χ3n) is 1.74. The standard InChI is InChI=1S/C11H16N2O4/c1-7(2)13-8(3)16-11-6-12-9(17-11)5-10(14)15-4/h6-7H,5H2,1-4H3/b13-8+. The summed E-state index contributed by atoms with van der Waals surface area (Å²) < 4.78 is 15.0. The van der Waals surface area contributed by atoms with Crippen molar-refractivity contribution < 1.29 is 18.7 Å². The molecule has 1 heterocycles. The molecule has 0 aliphatic rings. The van der Waals surface area contributed by atoms with Gasteiger partial charge in [0.1, 0.15) is 12.6 Å². The number of carbonyl (C=O) groups is 1. The van der Waals surface area contributed by atoms with Crippen LogP contribution in [-0.2, 0) is 16.0 Å². The molecule has 17 heavy (non-hydrogen) atoms. The molecule has 0 atom stereocenters. The Bertz CT molecular complexity index is 409. The molecule has 1 aromatic heterocycles. The Kier molecular flexibility index (Phi) is 4.68. The molecular formula is C11H16N2O4. The van der Waals surface area contributed by atoms with Crippen LogP contribution >= 0.6 is 0 Å². The number of carbonyl (C=O) groups excluding carboxylic acids is 1. The number of rotatable bonds is 4. The summed E-state index contributed by atoms with van der Waals surface area (Å²) in [6.07, 6.45) is 1.39. The van der Waals surface area contributed by atoms with Crippen LogP contribution in [0.1, 0.15) is 26.7 Å².